The normalized spacial score (nSPS) is 14.0. The maximum atomic E-state index is 4.65. The summed E-state index contributed by atoms with van der Waals surface area (Å²) < 4.78 is 1.13. The molecule has 0 amide bonds. The molecule has 2 heterocycles. The summed E-state index contributed by atoms with van der Waals surface area (Å²) in [6.07, 6.45) is 1.05. The molecule has 0 atom stereocenters. The molecule has 6 heteroatoms. The number of nitrogens with zero attached hydrogens (tertiary/aromatic N) is 4. The minimum absolute atomic E-state index is 0.805. The summed E-state index contributed by atoms with van der Waals surface area (Å²) >= 11 is 3.57. The van der Waals surface area contributed by atoms with Gasteiger partial charge in [0.15, 0.2) is 0 Å². The van der Waals surface area contributed by atoms with Gasteiger partial charge in [-0.05, 0) is 50.7 Å². The van der Waals surface area contributed by atoms with Gasteiger partial charge in [-0.3, -0.25) is 0 Å². The molecule has 1 aliphatic heterocycles. The Bertz CT molecular complexity index is 717. The van der Waals surface area contributed by atoms with Gasteiger partial charge in [-0.2, -0.15) is 0 Å². The van der Waals surface area contributed by atoms with E-state index in [1.54, 1.807) is 0 Å². The molecule has 1 aromatic heterocycles. The number of aromatic nitrogens is 2. The molecule has 3 rings (SSSR count). The highest BCUT2D eigenvalue weighted by molar-refractivity contribution is 9.10. The second-order valence-electron chi connectivity index (χ2n) is 6.47. The van der Waals surface area contributed by atoms with Crippen LogP contribution in [-0.2, 0) is 13.0 Å². The number of hydrogen-bond donors (Lipinski definition) is 1. The number of likely N-dealkylation sites (N-methyl/N-ethyl adjacent to an activating group) is 1. The minimum atomic E-state index is 0.805. The van der Waals surface area contributed by atoms with Crippen molar-refractivity contribution >= 4 is 27.6 Å². The van der Waals surface area contributed by atoms with Gasteiger partial charge in [-0.1, -0.05) is 22.0 Å². The Hall–Kier alpha value is -1.66. The van der Waals surface area contributed by atoms with Crippen molar-refractivity contribution in [3.05, 3.63) is 45.7 Å². The molecule has 1 aromatic carbocycles. The zero-order valence-electron chi connectivity index (χ0n) is 14.5. The standard InChI is InChI=1S/C18H24BrN5/c1-13-21-17(20-7-9-23(2)3)11-18(22-13)24-8-6-14-4-5-16(19)10-15(14)12-24/h4-5,10-11H,6-9,12H2,1-3H3,(H,20,21,22). The fraction of sp³-hybridized carbons (Fsp3) is 0.444. The van der Waals surface area contributed by atoms with Crippen LogP contribution in [0.5, 0.6) is 0 Å². The van der Waals surface area contributed by atoms with Gasteiger partial charge in [0.05, 0.1) is 0 Å². The van der Waals surface area contributed by atoms with E-state index >= 15 is 0 Å². The van der Waals surface area contributed by atoms with Crippen LogP contribution in [0.3, 0.4) is 0 Å². The summed E-state index contributed by atoms with van der Waals surface area (Å²) in [7, 11) is 4.14. The Kier molecular flexibility index (Phi) is 5.36. The first-order chi connectivity index (χ1) is 11.5. The highest BCUT2D eigenvalue weighted by Crippen LogP contribution is 2.26. The predicted molar refractivity (Wildman–Crippen MR) is 103 cm³/mol. The number of hydrogen-bond acceptors (Lipinski definition) is 5. The Morgan fingerprint density at radius 3 is 2.83 bits per heavy atom. The average molecular weight is 390 g/mol. The van der Waals surface area contributed by atoms with Crippen molar-refractivity contribution in [2.45, 2.75) is 19.9 Å². The van der Waals surface area contributed by atoms with Crippen molar-refractivity contribution in [3.8, 4) is 0 Å². The minimum Gasteiger partial charge on any atom is -0.369 e. The molecular formula is C18H24BrN5. The van der Waals surface area contributed by atoms with Crippen LogP contribution in [-0.4, -0.2) is 48.6 Å². The van der Waals surface area contributed by atoms with Crippen molar-refractivity contribution in [1.82, 2.24) is 14.9 Å². The van der Waals surface area contributed by atoms with E-state index in [9.17, 15) is 0 Å². The number of anilines is 2. The molecule has 5 nitrogen and oxygen atoms in total. The van der Waals surface area contributed by atoms with E-state index in [1.807, 2.05) is 6.92 Å². The first-order valence-electron chi connectivity index (χ1n) is 8.28. The molecule has 0 saturated carbocycles. The Morgan fingerprint density at radius 1 is 1.21 bits per heavy atom. The molecule has 1 N–H and O–H groups in total. The van der Waals surface area contributed by atoms with Crippen molar-refractivity contribution in [3.63, 3.8) is 0 Å². The molecule has 128 valence electrons. The van der Waals surface area contributed by atoms with E-state index in [2.05, 4.69) is 79.4 Å². The number of rotatable bonds is 5. The third-order valence-electron chi connectivity index (χ3n) is 4.19. The maximum absolute atomic E-state index is 4.65. The molecule has 0 fully saturated rings. The highest BCUT2D eigenvalue weighted by Gasteiger charge is 2.18. The number of fused-ring (bicyclic) bond motifs is 1. The van der Waals surface area contributed by atoms with Crippen LogP contribution in [0.2, 0.25) is 0 Å². The Morgan fingerprint density at radius 2 is 2.04 bits per heavy atom. The maximum Gasteiger partial charge on any atom is 0.134 e. The van der Waals surface area contributed by atoms with E-state index < -0.39 is 0 Å². The van der Waals surface area contributed by atoms with Gasteiger partial charge in [0.1, 0.15) is 17.5 Å². The van der Waals surface area contributed by atoms with Crippen LogP contribution in [0.1, 0.15) is 17.0 Å². The van der Waals surface area contributed by atoms with E-state index in [0.717, 1.165) is 54.5 Å². The number of nitrogens with one attached hydrogen (secondary N) is 1. The third-order valence-corrected chi connectivity index (χ3v) is 4.69. The number of benzene rings is 1. The SMILES string of the molecule is Cc1nc(NCCN(C)C)cc(N2CCc3ccc(Br)cc3C2)n1. The first kappa shape index (κ1) is 17.2. The van der Waals surface area contributed by atoms with Crippen molar-refractivity contribution in [2.24, 2.45) is 0 Å². The fourth-order valence-electron chi connectivity index (χ4n) is 2.93. The molecule has 0 radical (unpaired) electrons. The molecular weight excluding hydrogens is 366 g/mol. The van der Waals surface area contributed by atoms with E-state index in [-0.39, 0.29) is 0 Å². The van der Waals surface area contributed by atoms with Crippen LogP contribution in [0, 0.1) is 6.92 Å². The van der Waals surface area contributed by atoms with Gasteiger partial charge in [0.25, 0.3) is 0 Å². The van der Waals surface area contributed by atoms with Crippen molar-refractivity contribution < 1.29 is 0 Å². The van der Waals surface area contributed by atoms with Crippen LogP contribution >= 0.6 is 15.9 Å². The lowest BCUT2D eigenvalue weighted by molar-refractivity contribution is 0.425. The van der Waals surface area contributed by atoms with E-state index in [4.69, 9.17) is 0 Å². The molecule has 0 bridgehead atoms. The lowest BCUT2D eigenvalue weighted by Gasteiger charge is -2.30. The summed E-state index contributed by atoms with van der Waals surface area (Å²) in [5.74, 6) is 2.71. The molecule has 0 saturated heterocycles. The molecule has 24 heavy (non-hydrogen) atoms. The molecule has 1 aliphatic rings. The predicted octanol–water partition coefficient (Wildman–Crippen LogP) is 3.08. The van der Waals surface area contributed by atoms with Gasteiger partial charge >= 0.3 is 0 Å². The summed E-state index contributed by atoms with van der Waals surface area (Å²) in [5.41, 5.74) is 2.80. The van der Waals surface area contributed by atoms with Crippen molar-refractivity contribution in [1.29, 1.82) is 0 Å². The van der Waals surface area contributed by atoms with Gasteiger partial charge in [-0.25, -0.2) is 9.97 Å². The topological polar surface area (TPSA) is 44.3 Å². The van der Waals surface area contributed by atoms with Crippen molar-refractivity contribution in [2.75, 3.05) is 43.9 Å². The quantitative estimate of drug-likeness (QED) is 0.850. The van der Waals surface area contributed by atoms with E-state index in [1.165, 1.54) is 11.1 Å². The van der Waals surface area contributed by atoms with Crippen LogP contribution in [0.4, 0.5) is 11.6 Å². The highest BCUT2D eigenvalue weighted by atomic mass is 79.9. The zero-order valence-corrected chi connectivity index (χ0v) is 16.1. The molecule has 0 aliphatic carbocycles. The number of aryl methyl sites for hydroxylation is 1. The lowest BCUT2D eigenvalue weighted by atomic mass is 10.00. The average Bonchev–Trinajstić information content (AvgIpc) is 2.53. The molecule has 0 unspecified atom stereocenters. The second kappa shape index (κ2) is 7.49. The van der Waals surface area contributed by atoms with Crippen LogP contribution < -0.4 is 10.2 Å². The van der Waals surface area contributed by atoms with Gasteiger partial charge in [0, 0.05) is 36.7 Å². The van der Waals surface area contributed by atoms with Crippen LogP contribution in [0.15, 0.2) is 28.7 Å². The second-order valence-corrected chi connectivity index (χ2v) is 7.39. The first-order valence-corrected chi connectivity index (χ1v) is 9.07. The summed E-state index contributed by atoms with van der Waals surface area (Å²) in [6.45, 7) is 5.68. The monoisotopic (exact) mass is 389 g/mol. The van der Waals surface area contributed by atoms with Gasteiger partial charge < -0.3 is 15.1 Å². The summed E-state index contributed by atoms with van der Waals surface area (Å²) in [4.78, 5) is 13.6. The van der Waals surface area contributed by atoms with Crippen LogP contribution in [0.25, 0.3) is 0 Å². The third kappa shape index (κ3) is 4.24. The smallest absolute Gasteiger partial charge is 0.134 e. The summed E-state index contributed by atoms with van der Waals surface area (Å²) in [5, 5.41) is 3.40. The Balaban J connectivity index is 1.76. The van der Waals surface area contributed by atoms with Gasteiger partial charge in [0.2, 0.25) is 0 Å². The lowest BCUT2D eigenvalue weighted by Crippen LogP contribution is -2.31. The Labute approximate surface area is 152 Å². The molecule has 2 aromatic rings. The van der Waals surface area contributed by atoms with E-state index in [0.29, 0.717) is 0 Å². The summed E-state index contributed by atoms with van der Waals surface area (Å²) in [6, 6.07) is 8.61. The van der Waals surface area contributed by atoms with Gasteiger partial charge in [-0.15, -0.1) is 0 Å². The number of halogens is 1. The molecule has 0 spiro atoms. The largest absolute Gasteiger partial charge is 0.369 e. The fourth-order valence-corrected chi connectivity index (χ4v) is 3.34. The zero-order chi connectivity index (χ0) is 17.1.